The molecule has 0 unspecified atom stereocenters. The van der Waals surface area contributed by atoms with Crippen molar-refractivity contribution in [2.24, 2.45) is 0 Å². The number of benzene rings is 12. The first kappa shape index (κ1) is 66.2. The van der Waals surface area contributed by atoms with Gasteiger partial charge in [-0.25, -0.2) is 0 Å². The molecule has 0 heterocycles. The van der Waals surface area contributed by atoms with Crippen molar-refractivity contribution in [3.63, 3.8) is 0 Å². The fraction of sp³-hybridized carbons (Fsp3) is 0.0769. The molecule has 12 rings (SSSR count). The van der Waals surface area contributed by atoms with Crippen molar-refractivity contribution in [1.82, 2.24) is 0 Å². The summed E-state index contributed by atoms with van der Waals surface area (Å²) in [5, 5.41) is 17.7. The van der Waals surface area contributed by atoms with Gasteiger partial charge in [-0.05, 0) is 148 Å². The molecule has 8 heteroatoms. The van der Waals surface area contributed by atoms with E-state index in [0.717, 1.165) is 0 Å². The smallest absolute Gasteiger partial charge is 0.0622 e. The van der Waals surface area contributed by atoms with Crippen LogP contribution in [0.4, 0.5) is 0 Å². The molecule has 12 aromatic rings. The molecule has 0 spiro atoms. The fourth-order valence-electron chi connectivity index (χ4n) is 10.3. The van der Waals surface area contributed by atoms with Crippen molar-refractivity contribution in [2.75, 3.05) is 37.0 Å². The van der Waals surface area contributed by atoms with E-state index in [4.69, 9.17) is 0 Å². The van der Waals surface area contributed by atoms with E-state index in [9.17, 15) is 0 Å². The minimum absolute atomic E-state index is 0. The molecule has 86 heavy (non-hydrogen) atoms. The van der Waals surface area contributed by atoms with Crippen LogP contribution in [0.15, 0.2) is 364 Å². The standard InChI is InChI=1S/3C26H24P2.2Cu/c3*1-5-13-23(14-6-1)27(24-15-7-2-8-16-24)21-22-28(25-17-9-3-10-18-25)26-19-11-4-12-20-26;;/h3*1-20H,21-22H2;;/q;;;2*+1. The van der Waals surface area contributed by atoms with Gasteiger partial charge >= 0.3 is 34.1 Å². The first-order valence-electron chi connectivity index (χ1n) is 29.0. The third-order valence-electron chi connectivity index (χ3n) is 14.5. The summed E-state index contributed by atoms with van der Waals surface area (Å²) in [7, 11) is -2.09. The summed E-state index contributed by atoms with van der Waals surface area (Å²) in [5.41, 5.74) is 0. The molecule has 0 aliphatic rings. The summed E-state index contributed by atoms with van der Waals surface area (Å²) < 4.78 is 0. The van der Waals surface area contributed by atoms with Crippen LogP contribution in [0.25, 0.3) is 0 Å². The third-order valence-corrected chi connectivity index (χ3v) is 30.6. The van der Waals surface area contributed by atoms with Crippen LogP contribution < -0.4 is 63.7 Å². The van der Waals surface area contributed by atoms with Gasteiger partial charge < -0.3 is 0 Å². The molecule has 12 aromatic carbocycles. The van der Waals surface area contributed by atoms with Crippen LogP contribution in [0.2, 0.25) is 0 Å². The van der Waals surface area contributed by atoms with E-state index in [1.807, 2.05) is 0 Å². The Morgan fingerprint density at radius 1 is 0.116 bits per heavy atom. The van der Waals surface area contributed by atoms with E-state index >= 15 is 0 Å². The summed E-state index contributed by atoms with van der Waals surface area (Å²) in [4.78, 5) is 0. The first-order chi connectivity index (χ1) is 41.7. The largest absolute Gasteiger partial charge is 1.00 e. The molecule has 0 radical (unpaired) electrons. The minimum atomic E-state index is -0.348. The van der Waals surface area contributed by atoms with Gasteiger partial charge in [-0.15, -0.1) is 0 Å². The number of hydrogen-bond acceptors (Lipinski definition) is 0. The van der Waals surface area contributed by atoms with Gasteiger partial charge in [0.1, 0.15) is 0 Å². The van der Waals surface area contributed by atoms with Crippen molar-refractivity contribution in [3.8, 4) is 0 Å². The normalized spacial score (nSPS) is 10.8. The molecule has 0 amide bonds. The summed E-state index contributed by atoms with van der Waals surface area (Å²) in [5.74, 6) is 0. The average molecular weight is 1320 g/mol. The zero-order chi connectivity index (χ0) is 57.1. The van der Waals surface area contributed by atoms with Gasteiger partial charge in [0.25, 0.3) is 0 Å². The maximum Gasteiger partial charge on any atom is 1.00 e. The molecular weight excluding hydrogens is 1250 g/mol. The quantitative estimate of drug-likeness (QED) is 0.0497. The Kier molecular flexibility index (Phi) is 28.6. The summed E-state index contributed by atoms with van der Waals surface area (Å²) in [6, 6.07) is 133. The molecule has 0 N–H and O–H groups in total. The van der Waals surface area contributed by atoms with Crippen LogP contribution in [0.1, 0.15) is 0 Å². The second-order valence-electron chi connectivity index (χ2n) is 19.9. The zero-order valence-corrected chi connectivity index (χ0v) is 55.4. The Morgan fingerprint density at radius 2 is 0.186 bits per heavy atom. The predicted octanol–water partition coefficient (Wildman–Crippen LogP) is 15.8. The topological polar surface area (TPSA) is 0 Å². The van der Waals surface area contributed by atoms with E-state index in [-0.39, 0.29) is 81.7 Å². The van der Waals surface area contributed by atoms with Crippen LogP contribution in [0.5, 0.6) is 0 Å². The third kappa shape index (κ3) is 19.9. The Morgan fingerprint density at radius 3 is 0.256 bits per heavy atom. The van der Waals surface area contributed by atoms with Gasteiger partial charge in [0, 0.05) is 0 Å². The fourth-order valence-corrected chi connectivity index (χ4v) is 26.4. The van der Waals surface area contributed by atoms with Gasteiger partial charge in [-0.1, -0.05) is 364 Å². The Balaban J connectivity index is 0.000000166. The van der Waals surface area contributed by atoms with E-state index < -0.39 is 0 Å². The molecule has 0 nitrogen and oxygen atoms in total. The van der Waals surface area contributed by atoms with Crippen LogP contribution >= 0.6 is 47.5 Å². The number of hydrogen-bond donors (Lipinski definition) is 0. The SMILES string of the molecule is [Cu+].[Cu+].c1ccc(P(CCP(c2ccccc2)c2ccccc2)c2ccccc2)cc1.c1ccc(P(CCP(c2ccccc2)c2ccccc2)c2ccccc2)cc1.c1ccc(P(CCP(c2ccccc2)c2ccccc2)c2ccccc2)cc1. The van der Waals surface area contributed by atoms with Crippen LogP contribution in [0, 0.1) is 0 Å². The second-order valence-corrected chi connectivity index (χ2v) is 34.0. The maximum absolute atomic E-state index is 2.30. The van der Waals surface area contributed by atoms with Gasteiger partial charge in [-0.2, -0.15) is 0 Å². The zero-order valence-electron chi connectivity index (χ0n) is 48.2. The molecule has 0 aliphatic heterocycles. The Hall–Kier alpha value is -5.74. The molecule has 0 fully saturated rings. The molecular formula is C78H72Cu2P6+2. The summed E-state index contributed by atoms with van der Waals surface area (Å²) in [6.07, 6.45) is 7.24. The van der Waals surface area contributed by atoms with Gasteiger partial charge in [0.05, 0.1) is 0 Å². The average Bonchev–Trinajstić information content (AvgIpc) is 3.79. The summed E-state index contributed by atoms with van der Waals surface area (Å²) in [6.45, 7) is 0. The molecule has 0 atom stereocenters. The van der Waals surface area contributed by atoms with E-state index in [2.05, 4.69) is 364 Å². The van der Waals surface area contributed by atoms with Crippen molar-refractivity contribution >= 4 is 111 Å². The second kappa shape index (κ2) is 37.2. The Bertz CT molecular complexity index is 2780. The van der Waals surface area contributed by atoms with Crippen LogP contribution in [-0.2, 0) is 34.1 Å². The van der Waals surface area contributed by atoms with E-state index in [1.165, 1.54) is 101 Å². The van der Waals surface area contributed by atoms with Crippen LogP contribution in [0.3, 0.4) is 0 Å². The first-order valence-corrected chi connectivity index (χ1v) is 38.2. The van der Waals surface area contributed by atoms with E-state index in [0.29, 0.717) is 0 Å². The van der Waals surface area contributed by atoms with Gasteiger partial charge in [0.15, 0.2) is 0 Å². The maximum atomic E-state index is 2.30. The van der Waals surface area contributed by atoms with Crippen molar-refractivity contribution in [1.29, 1.82) is 0 Å². The van der Waals surface area contributed by atoms with Crippen LogP contribution in [-0.4, -0.2) is 37.0 Å². The monoisotopic (exact) mass is 1320 g/mol. The Labute approximate surface area is 541 Å². The van der Waals surface area contributed by atoms with Crippen molar-refractivity contribution < 1.29 is 34.1 Å². The van der Waals surface area contributed by atoms with Gasteiger partial charge in [-0.3, -0.25) is 0 Å². The van der Waals surface area contributed by atoms with Gasteiger partial charge in [0.2, 0.25) is 0 Å². The molecule has 0 aromatic heterocycles. The summed E-state index contributed by atoms with van der Waals surface area (Å²) >= 11 is 0. The minimum Gasteiger partial charge on any atom is -0.0622 e. The van der Waals surface area contributed by atoms with Crippen molar-refractivity contribution in [3.05, 3.63) is 364 Å². The molecule has 434 valence electrons. The molecule has 0 aliphatic carbocycles. The molecule has 0 saturated carbocycles. The predicted molar refractivity (Wildman–Crippen MR) is 384 cm³/mol. The van der Waals surface area contributed by atoms with Crippen molar-refractivity contribution in [2.45, 2.75) is 0 Å². The molecule has 0 bridgehead atoms. The van der Waals surface area contributed by atoms with E-state index in [1.54, 1.807) is 0 Å². The number of rotatable bonds is 21. The molecule has 0 saturated heterocycles.